The number of thiazole rings is 1. The lowest BCUT2D eigenvalue weighted by Crippen LogP contribution is -2.29. The lowest BCUT2D eigenvalue weighted by Gasteiger charge is -2.23. The number of aromatic nitrogens is 1. The number of benzene rings is 3. The Kier molecular flexibility index (Phi) is 5.18. The molecule has 0 aliphatic carbocycles. The second-order valence-electron chi connectivity index (χ2n) is 7.82. The van der Waals surface area contributed by atoms with Crippen LogP contribution in [0.1, 0.15) is 22.7 Å². The number of ether oxygens (including phenoxy) is 1. The zero-order valence-electron chi connectivity index (χ0n) is 18.0. The molecule has 0 saturated carbocycles. The molecule has 1 fully saturated rings. The van der Waals surface area contributed by atoms with E-state index in [0.717, 1.165) is 27.6 Å². The number of amides is 1. The van der Waals surface area contributed by atoms with Crippen molar-refractivity contribution in [1.82, 2.24) is 4.98 Å². The predicted octanol–water partition coefficient (Wildman–Crippen LogP) is 5.24. The number of rotatable bonds is 4. The lowest BCUT2D eigenvalue weighted by atomic mass is 9.94. The van der Waals surface area contributed by atoms with Crippen LogP contribution in [0.4, 0.5) is 5.13 Å². The Morgan fingerprint density at radius 3 is 2.45 bits per heavy atom. The fraction of sp³-hybridized carbons (Fsp3) is 0.115. The maximum absolute atomic E-state index is 13.2. The highest BCUT2D eigenvalue weighted by Gasteiger charge is 2.47. The van der Waals surface area contributed by atoms with Crippen LogP contribution in [0.25, 0.3) is 16.5 Å². The Bertz CT molecular complexity index is 1410. The Labute approximate surface area is 194 Å². The normalized spacial score (nSPS) is 17.6. The molecule has 2 heterocycles. The molecule has 0 bridgehead atoms. The second-order valence-corrected chi connectivity index (χ2v) is 8.70. The number of anilines is 1. The number of ketones is 1. The van der Waals surface area contributed by atoms with Gasteiger partial charge in [0.2, 0.25) is 0 Å². The predicted molar refractivity (Wildman–Crippen MR) is 129 cm³/mol. The van der Waals surface area contributed by atoms with E-state index in [1.165, 1.54) is 16.2 Å². The summed E-state index contributed by atoms with van der Waals surface area (Å²) in [5, 5.41) is 15.3. The maximum atomic E-state index is 13.2. The summed E-state index contributed by atoms with van der Waals surface area (Å²) < 4.78 is 5.27. The summed E-state index contributed by atoms with van der Waals surface area (Å²) in [5.74, 6) is -0.922. The van der Waals surface area contributed by atoms with Gasteiger partial charge in [-0.05, 0) is 41.5 Å². The van der Waals surface area contributed by atoms with Gasteiger partial charge >= 0.3 is 5.91 Å². The molecule has 3 aromatic carbocycles. The van der Waals surface area contributed by atoms with Gasteiger partial charge in [-0.3, -0.25) is 14.5 Å². The maximum Gasteiger partial charge on any atom is 0.301 e. The van der Waals surface area contributed by atoms with Gasteiger partial charge in [0.25, 0.3) is 5.78 Å². The van der Waals surface area contributed by atoms with Crippen molar-refractivity contribution in [3.8, 4) is 5.75 Å². The van der Waals surface area contributed by atoms with Crippen LogP contribution in [0.3, 0.4) is 0 Å². The number of carbonyl (C=O) groups is 2. The van der Waals surface area contributed by atoms with Crippen molar-refractivity contribution in [3.05, 3.63) is 94.5 Å². The van der Waals surface area contributed by atoms with E-state index in [2.05, 4.69) is 4.98 Å². The van der Waals surface area contributed by atoms with Gasteiger partial charge < -0.3 is 9.84 Å². The third kappa shape index (κ3) is 3.56. The summed E-state index contributed by atoms with van der Waals surface area (Å²) in [7, 11) is 1.61. The highest BCUT2D eigenvalue weighted by Crippen LogP contribution is 2.43. The highest BCUT2D eigenvalue weighted by atomic mass is 32.1. The molecule has 4 aromatic rings. The zero-order valence-corrected chi connectivity index (χ0v) is 18.8. The minimum atomic E-state index is -0.775. The van der Waals surface area contributed by atoms with E-state index in [9.17, 15) is 14.7 Å². The minimum Gasteiger partial charge on any atom is -0.507 e. The number of carbonyl (C=O) groups excluding carboxylic acids is 2. The number of nitrogens with zero attached hydrogens (tertiary/aromatic N) is 2. The Morgan fingerprint density at radius 1 is 1.03 bits per heavy atom. The third-order valence-electron chi connectivity index (χ3n) is 5.78. The van der Waals surface area contributed by atoms with Crippen molar-refractivity contribution < 1.29 is 19.4 Å². The monoisotopic (exact) mass is 456 g/mol. The number of aliphatic hydroxyl groups is 1. The topological polar surface area (TPSA) is 79.7 Å². The van der Waals surface area contributed by atoms with Crippen LogP contribution in [-0.2, 0) is 9.59 Å². The van der Waals surface area contributed by atoms with Gasteiger partial charge in [0.05, 0.1) is 18.7 Å². The first-order chi connectivity index (χ1) is 16.0. The van der Waals surface area contributed by atoms with E-state index in [4.69, 9.17) is 4.74 Å². The van der Waals surface area contributed by atoms with Gasteiger partial charge in [0.1, 0.15) is 11.5 Å². The van der Waals surface area contributed by atoms with Gasteiger partial charge in [0.15, 0.2) is 5.13 Å². The first kappa shape index (κ1) is 20.9. The number of methoxy groups -OCH3 is 1. The Morgan fingerprint density at radius 2 is 1.76 bits per heavy atom. The third-order valence-corrected chi connectivity index (χ3v) is 6.55. The summed E-state index contributed by atoms with van der Waals surface area (Å²) in [6, 6.07) is 17.8. The van der Waals surface area contributed by atoms with Crippen LogP contribution >= 0.6 is 11.3 Å². The van der Waals surface area contributed by atoms with Crippen molar-refractivity contribution in [3.63, 3.8) is 0 Å². The molecule has 5 rings (SSSR count). The van der Waals surface area contributed by atoms with E-state index in [1.807, 2.05) is 55.5 Å². The number of hydrogen-bond donors (Lipinski definition) is 1. The number of aliphatic hydroxyl groups excluding tert-OH is 1. The Hall–Kier alpha value is -3.97. The van der Waals surface area contributed by atoms with Crippen LogP contribution in [0.2, 0.25) is 0 Å². The van der Waals surface area contributed by atoms with Gasteiger partial charge in [-0.25, -0.2) is 4.98 Å². The smallest absolute Gasteiger partial charge is 0.301 e. The quantitative estimate of drug-likeness (QED) is 0.258. The first-order valence-electron chi connectivity index (χ1n) is 10.3. The van der Waals surface area contributed by atoms with E-state index in [-0.39, 0.29) is 11.3 Å². The molecular weight excluding hydrogens is 436 g/mol. The molecule has 6 nitrogen and oxygen atoms in total. The van der Waals surface area contributed by atoms with Crippen molar-refractivity contribution in [2.75, 3.05) is 12.0 Å². The molecule has 1 N–H and O–H groups in total. The number of fused-ring (bicyclic) bond motifs is 1. The van der Waals surface area contributed by atoms with E-state index < -0.39 is 17.7 Å². The van der Waals surface area contributed by atoms with Gasteiger partial charge in [-0.15, -0.1) is 11.3 Å². The molecule has 33 heavy (non-hydrogen) atoms. The number of aryl methyl sites for hydroxylation is 1. The first-order valence-corrected chi connectivity index (χ1v) is 11.2. The van der Waals surface area contributed by atoms with Crippen molar-refractivity contribution in [1.29, 1.82) is 0 Å². The van der Waals surface area contributed by atoms with Crippen LogP contribution in [0, 0.1) is 6.92 Å². The standard InChI is InChI=1S/C26H20N2O4S/c1-15-3-5-16(6-4-15)22-21(24(30)25(31)28(22)26-27-11-12-33-26)23(29)19-8-7-18-14-20(32-2)10-9-17(18)13-19/h3-14,22,29H,1-2H3/b23-21+. The summed E-state index contributed by atoms with van der Waals surface area (Å²) >= 11 is 1.27. The second kappa shape index (κ2) is 8.18. The molecule has 164 valence electrons. The average Bonchev–Trinajstić information content (AvgIpc) is 3.45. The summed E-state index contributed by atoms with van der Waals surface area (Å²) in [5.41, 5.74) is 2.28. The largest absolute Gasteiger partial charge is 0.507 e. The number of hydrogen-bond acceptors (Lipinski definition) is 6. The Balaban J connectivity index is 1.69. The lowest BCUT2D eigenvalue weighted by molar-refractivity contribution is -0.132. The fourth-order valence-electron chi connectivity index (χ4n) is 4.08. The molecule has 1 unspecified atom stereocenters. The molecular formula is C26H20N2O4S. The van der Waals surface area contributed by atoms with E-state index in [1.54, 1.807) is 30.8 Å². The van der Waals surface area contributed by atoms with Crippen molar-refractivity contribution >= 4 is 44.7 Å². The van der Waals surface area contributed by atoms with Crippen molar-refractivity contribution in [2.45, 2.75) is 13.0 Å². The molecule has 1 atom stereocenters. The summed E-state index contributed by atoms with van der Waals surface area (Å²) in [6.45, 7) is 1.96. The van der Waals surface area contributed by atoms with Gasteiger partial charge in [-0.2, -0.15) is 0 Å². The van der Waals surface area contributed by atoms with E-state index in [0.29, 0.717) is 10.7 Å². The number of Topliss-reactive ketones (excluding diaryl/α,β-unsaturated/α-hetero) is 1. The molecule has 1 aliphatic heterocycles. The summed E-state index contributed by atoms with van der Waals surface area (Å²) in [4.78, 5) is 31.9. The molecule has 1 aliphatic rings. The summed E-state index contributed by atoms with van der Waals surface area (Å²) in [6.07, 6.45) is 1.59. The molecule has 0 radical (unpaired) electrons. The fourth-order valence-corrected chi connectivity index (χ4v) is 4.75. The molecule has 7 heteroatoms. The highest BCUT2D eigenvalue weighted by molar-refractivity contribution is 7.14. The van der Waals surface area contributed by atoms with Crippen molar-refractivity contribution in [2.24, 2.45) is 0 Å². The SMILES string of the molecule is COc1ccc2cc(/C(O)=C3\C(=O)C(=O)N(c4nccs4)C3c3ccc(C)cc3)ccc2c1. The molecule has 0 spiro atoms. The van der Waals surface area contributed by atoms with Crippen LogP contribution in [0.15, 0.2) is 77.8 Å². The average molecular weight is 457 g/mol. The van der Waals surface area contributed by atoms with Crippen LogP contribution < -0.4 is 9.64 Å². The van der Waals surface area contributed by atoms with Crippen LogP contribution in [-0.4, -0.2) is 28.9 Å². The zero-order chi connectivity index (χ0) is 23.1. The molecule has 1 aromatic heterocycles. The molecule has 1 saturated heterocycles. The minimum absolute atomic E-state index is 0.0481. The molecule has 1 amide bonds. The van der Waals surface area contributed by atoms with Gasteiger partial charge in [0, 0.05) is 17.1 Å². The van der Waals surface area contributed by atoms with E-state index >= 15 is 0 Å². The van der Waals surface area contributed by atoms with Crippen LogP contribution in [0.5, 0.6) is 5.75 Å². The van der Waals surface area contributed by atoms with Gasteiger partial charge in [-0.1, -0.05) is 48.0 Å².